The molecular formula is C51H52BN3. The third-order valence-electron chi connectivity index (χ3n) is 13.9. The van der Waals surface area contributed by atoms with E-state index >= 15 is 0 Å². The predicted octanol–water partition coefficient (Wildman–Crippen LogP) is 11.7. The number of anilines is 8. The first-order valence-corrected chi connectivity index (χ1v) is 20.4. The summed E-state index contributed by atoms with van der Waals surface area (Å²) in [6.07, 6.45) is 4.95. The average molecular weight is 718 g/mol. The molecule has 6 aromatic rings. The lowest BCUT2D eigenvalue weighted by molar-refractivity contribution is 0.195. The Morgan fingerprint density at radius 3 is 1.89 bits per heavy atom. The second-order valence-electron chi connectivity index (χ2n) is 18.4. The highest BCUT2D eigenvalue weighted by molar-refractivity contribution is 7.00. The number of nitrogens with zero attached hydrogens (tertiary/aromatic N) is 3. The van der Waals surface area contributed by atoms with E-state index in [0.717, 1.165) is 0 Å². The minimum absolute atomic E-state index is 0.0243. The summed E-state index contributed by atoms with van der Waals surface area (Å²) in [6.45, 7) is 19.0. The molecule has 3 heterocycles. The highest BCUT2D eigenvalue weighted by Gasteiger charge is 2.58. The van der Waals surface area contributed by atoms with Crippen molar-refractivity contribution in [3.8, 4) is 0 Å². The van der Waals surface area contributed by atoms with E-state index < -0.39 is 0 Å². The van der Waals surface area contributed by atoms with Crippen molar-refractivity contribution < 1.29 is 0 Å². The van der Waals surface area contributed by atoms with Crippen LogP contribution in [-0.2, 0) is 10.8 Å². The lowest BCUT2D eigenvalue weighted by Crippen LogP contribution is -2.61. The molecule has 0 bridgehead atoms. The summed E-state index contributed by atoms with van der Waals surface area (Å²) in [5, 5.41) is 0. The van der Waals surface area contributed by atoms with Crippen LogP contribution in [0.15, 0.2) is 121 Å². The van der Waals surface area contributed by atoms with Crippen molar-refractivity contribution in [1.29, 1.82) is 0 Å². The molecule has 0 aromatic heterocycles. The van der Waals surface area contributed by atoms with Gasteiger partial charge in [-0.25, -0.2) is 0 Å². The molecule has 0 amide bonds. The number of hydrogen-bond donors (Lipinski definition) is 0. The van der Waals surface area contributed by atoms with Gasteiger partial charge in [0.1, 0.15) is 0 Å². The summed E-state index contributed by atoms with van der Waals surface area (Å²) in [5.41, 5.74) is 21.3. The van der Waals surface area contributed by atoms with Crippen LogP contribution in [0.5, 0.6) is 0 Å². The maximum Gasteiger partial charge on any atom is 0.252 e. The van der Waals surface area contributed by atoms with Crippen LogP contribution in [0.4, 0.5) is 45.5 Å². The van der Waals surface area contributed by atoms with Gasteiger partial charge >= 0.3 is 0 Å². The SMILES string of the molecule is Cc1cc2c3c(c1)N(c1ccc(C(C)(C)C)cc1)c1cc(N4c5c(C)cc(C)cc5C5(C)CCCCC45C)ccc1B3c1ccccc1N2c1ccccc1. The average Bonchev–Trinajstić information content (AvgIpc) is 3.37. The molecule has 0 N–H and O–H groups in total. The van der Waals surface area contributed by atoms with Gasteiger partial charge < -0.3 is 14.7 Å². The number of benzene rings is 6. The minimum atomic E-state index is -0.0243. The van der Waals surface area contributed by atoms with Gasteiger partial charge in [0.15, 0.2) is 0 Å². The van der Waals surface area contributed by atoms with Crippen molar-refractivity contribution >= 4 is 68.6 Å². The molecule has 3 aliphatic heterocycles. The Morgan fingerprint density at radius 1 is 0.564 bits per heavy atom. The Labute approximate surface area is 328 Å². The van der Waals surface area contributed by atoms with Gasteiger partial charge in [0, 0.05) is 50.9 Å². The molecule has 6 aromatic carbocycles. The Kier molecular flexibility index (Phi) is 7.41. The van der Waals surface area contributed by atoms with Crippen LogP contribution in [0.1, 0.15) is 88.1 Å². The number of para-hydroxylation sites is 2. The summed E-state index contributed by atoms with van der Waals surface area (Å²) in [5.74, 6) is 0. The molecular weight excluding hydrogens is 665 g/mol. The number of rotatable bonds is 3. The van der Waals surface area contributed by atoms with E-state index in [1.54, 1.807) is 0 Å². The van der Waals surface area contributed by atoms with Crippen molar-refractivity contribution in [3.63, 3.8) is 0 Å². The molecule has 3 nitrogen and oxygen atoms in total. The van der Waals surface area contributed by atoms with E-state index in [9.17, 15) is 0 Å². The maximum absolute atomic E-state index is 2.78. The zero-order chi connectivity index (χ0) is 38.0. The molecule has 0 saturated heterocycles. The third-order valence-corrected chi connectivity index (χ3v) is 13.9. The van der Waals surface area contributed by atoms with Crippen molar-refractivity contribution in [3.05, 3.63) is 149 Å². The van der Waals surface area contributed by atoms with E-state index in [1.165, 1.54) is 115 Å². The minimum Gasteiger partial charge on any atom is -0.334 e. The molecule has 10 rings (SSSR count). The smallest absolute Gasteiger partial charge is 0.252 e. The summed E-state index contributed by atoms with van der Waals surface area (Å²) in [6, 6.07) is 46.7. The molecule has 1 saturated carbocycles. The monoisotopic (exact) mass is 717 g/mol. The standard InChI is InChI=1S/C51H52BN3/c1-33-28-35(3)48-40(29-33)50(7)26-14-15-27-51(50,8)55(48)39-24-25-42-44(32-39)54(38-22-20-36(21-23-38)49(4,5)6)46-31-34(2)30-45-47(46)52(42)41-18-12-13-19-43(41)53(45)37-16-10-9-11-17-37/h9-13,16-25,28-32H,14-15,26-27H2,1-8H3. The van der Waals surface area contributed by atoms with Crippen molar-refractivity contribution in [2.45, 2.75) is 97.4 Å². The second kappa shape index (κ2) is 11.9. The van der Waals surface area contributed by atoms with Crippen LogP contribution in [-0.4, -0.2) is 12.3 Å². The first-order valence-electron chi connectivity index (χ1n) is 20.4. The van der Waals surface area contributed by atoms with Crippen molar-refractivity contribution in [1.82, 2.24) is 0 Å². The van der Waals surface area contributed by atoms with Gasteiger partial charge in [-0.1, -0.05) is 113 Å². The Morgan fingerprint density at radius 2 is 1.16 bits per heavy atom. The lowest BCUT2D eigenvalue weighted by atomic mass is 9.33. The number of aryl methyl sites for hydroxylation is 3. The molecule has 0 radical (unpaired) electrons. The first kappa shape index (κ1) is 34.3. The fourth-order valence-electron chi connectivity index (χ4n) is 11.1. The maximum atomic E-state index is 2.78. The highest BCUT2D eigenvalue weighted by Crippen LogP contribution is 2.62. The van der Waals surface area contributed by atoms with E-state index in [1.807, 2.05) is 0 Å². The molecule has 1 aliphatic carbocycles. The molecule has 2 unspecified atom stereocenters. The molecule has 55 heavy (non-hydrogen) atoms. The molecule has 4 aliphatic rings. The van der Waals surface area contributed by atoms with Crippen LogP contribution in [0.2, 0.25) is 0 Å². The highest BCUT2D eigenvalue weighted by atomic mass is 15.3. The predicted molar refractivity (Wildman–Crippen MR) is 236 cm³/mol. The third kappa shape index (κ3) is 4.82. The van der Waals surface area contributed by atoms with Gasteiger partial charge in [0.05, 0.1) is 5.54 Å². The van der Waals surface area contributed by atoms with Crippen LogP contribution < -0.4 is 31.1 Å². The summed E-state index contributed by atoms with van der Waals surface area (Å²) in [7, 11) is 0. The quantitative estimate of drug-likeness (QED) is 0.169. The fourth-order valence-corrected chi connectivity index (χ4v) is 11.1. The lowest BCUT2D eigenvalue weighted by Gasteiger charge is -2.51. The molecule has 274 valence electrons. The molecule has 0 spiro atoms. The topological polar surface area (TPSA) is 9.72 Å². The van der Waals surface area contributed by atoms with Crippen LogP contribution in [0.25, 0.3) is 0 Å². The zero-order valence-corrected chi connectivity index (χ0v) is 33.8. The van der Waals surface area contributed by atoms with Crippen molar-refractivity contribution in [2.24, 2.45) is 0 Å². The Bertz CT molecular complexity index is 2510. The van der Waals surface area contributed by atoms with Crippen LogP contribution in [0, 0.1) is 20.8 Å². The van der Waals surface area contributed by atoms with E-state index in [4.69, 9.17) is 0 Å². The summed E-state index contributed by atoms with van der Waals surface area (Å²) in [4.78, 5) is 7.86. The van der Waals surface area contributed by atoms with Crippen LogP contribution >= 0.6 is 0 Å². The number of fused-ring (bicyclic) bond motifs is 7. The van der Waals surface area contributed by atoms with Gasteiger partial charge in [-0.3, -0.25) is 0 Å². The Balaban J connectivity index is 1.25. The van der Waals surface area contributed by atoms with Crippen molar-refractivity contribution in [2.75, 3.05) is 14.7 Å². The largest absolute Gasteiger partial charge is 0.334 e. The number of hydrogen-bond acceptors (Lipinski definition) is 3. The van der Waals surface area contributed by atoms with E-state index in [-0.39, 0.29) is 23.1 Å². The first-order chi connectivity index (χ1) is 26.4. The van der Waals surface area contributed by atoms with Gasteiger partial charge in [-0.2, -0.15) is 0 Å². The van der Waals surface area contributed by atoms with Gasteiger partial charge in [0.25, 0.3) is 6.71 Å². The molecule has 2 atom stereocenters. The fraction of sp³-hybridized carbons (Fsp3) is 0.294. The summed E-state index contributed by atoms with van der Waals surface area (Å²) >= 11 is 0. The zero-order valence-electron chi connectivity index (χ0n) is 33.8. The molecule has 1 fully saturated rings. The van der Waals surface area contributed by atoms with Gasteiger partial charge in [-0.05, 0) is 139 Å². The second-order valence-corrected chi connectivity index (χ2v) is 18.4. The van der Waals surface area contributed by atoms with Gasteiger partial charge in [0.2, 0.25) is 0 Å². The molecule has 4 heteroatoms. The normalized spacial score (nSPS) is 20.8. The van der Waals surface area contributed by atoms with Crippen LogP contribution in [0.3, 0.4) is 0 Å². The Hall–Kier alpha value is -5.22. The van der Waals surface area contributed by atoms with E-state index in [2.05, 4.69) is 191 Å². The van der Waals surface area contributed by atoms with E-state index in [0.29, 0.717) is 0 Å². The van der Waals surface area contributed by atoms with Gasteiger partial charge in [-0.15, -0.1) is 0 Å². The summed E-state index contributed by atoms with van der Waals surface area (Å²) < 4.78 is 0.